The Labute approximate surface area is 134 Å². The van der Waals surface area contributed by atoms with Gasteiger partial charge in [-0.25, -0.2) is 9.97 Å². The Morgan fingerprint density at radius 3 is 2.74 bits per heavy atom. The van der Waals surface area contributed by atoms with E-state index in [1.165, 1.54) is 0 Å². The van der Waals surface area contributed by atoms with Crippen molar-refractivity contribution >= 4 is 16.5 Å². The zero-order valence-electron chi connectivity index (χ0n) is 11.9. The molecule has 0 saturated carbocycles. The number of anilines is 1. The minimum atomic E-state index is -4.34. The number of aromatic nitrogens is 3. The van der Waals surface area contributed by atoms with Crippen LogP contribution in [0.25, 0.3) is 0 Å². The highest BCUT2D eigenvalue weighted by atomic mass is 32.1. The second-order valence-electron chi connectivity index (χ2n) is 4.94. The molecule has 0 spiro atoms. The van der Waals surface area contributed by atoms with Crippen LogP contribution in [0.1, 0.15) is 16.0 Å². The SMILES string of the molecule is FC(F)(F)c1cnc(NCc2cccc(Cn3ccnc3)c2)s1. The van der Waals surface area contributed by atoms with Crippen LogP contribution in [0.3, 0.4) is 0 Å². The van der Waals surface area contributed by atoms with Crippen LogP contribution < -0.4 is 5.32 Å². The summed E-state index contributed by atoms with van der Waals surface area (Å²) in [5, 5.41) is 3.19. The summed E-state index contributed by atoms with van der Waals surface area (Å²) in [6.07, 6.45) is 1.83. The summed E-state index contributed by atoms with van der Waals surface area (Å²) >= 11 is 0.607. The first kappa shape index (κ1) is 15.5. The predicted octanol–water partition coefficient (Wildman–Crippen LogP) is 4.02. The van der Waals surface area contributed by atoms with Crippen LogP contribution in [0.5, 0.6) is 0 Å². The molecule has 4 nitrogen and oxygen atoms in total. The lowest BCUT2D eigenvalue weighted by atomic mass is 10.1. The van der Waals surface area contributed by atoms with Gasteiger partial charge in [0.1, 0.15) is 4.88 Å². The molecule has 0 atom stereocenters. The highest BCUT2D eigenvalue weighted by molar-refractivity contribution is 7.15. The van der Waals surface area contributed by atoms with Crippen molar-refractivity contribution in [2.75, 3.05) is 5.32 Å². The maximum atomic E-state index is 12.5. The van der Waals surface area contributed by atoms with E-state index in [-0.39, 0.29) is 5.13 Å². The van der Waals surface area contributed by atoms with Crippen LogP contribution >= 0.6 is 11.3 Å². The second-order valence-corrected chi connectivity index (χ2v) is 5.97. The number of alkyl halides is 3. The number of rotatable bonds is 5. The first-order valence-corrected chi connectivity index (χ1v) is 7.63. The molecular formula is C15H13F3N4S. The van der Waals surface area contributed by atoms with Gasteiger partial charge in [-0.05, 0) is 11.1 Å². The fourth-order valence-corrected chi connectivity index (χ4v) is 2.77. The zero-order chi connectivity index (χ0) is 16.3. The van der Waals surface area contributed by atoms with Gasteiger partial charge in [-0.15, -0.1) is 0 Å². The smallest absolute Gasteiger partial charge is 0.357 e. The number of halogens is 3. The quantitative estimate of drug-likeness (QED) is 0.764. The first-order valence-electron chi connectivity index (χ1n) is 6.81. The van der Waals surface area contributed by atoms with Crippen LogP contribution in [-0.4, -0.2) is 14.5 Å². The molecule has 0 saturated heterocycles. The fourth-order valence-electron chi connectivity index (χ4n) is 2.09. The van der Waals surface area contributed by atoms with Crippen LogP contribution in [0.2, 0.25) is 0 Å². The molecule has 0 aliphatic carbocycles. The molecule has 0 amide bonds. The fraction of sp³-hybridized carbons (Fsp3) is 0.200. The number of benzene rings is 1. The van der Waals surface area contributed by atoms with Gasteiger partial charge in [0.2, 0.25) is 0 Å². The molecule has 3 rings (SSSR count). The number of nitrogens with one attached hydrogen (secondary N) is 1. The van der Waals surface area contributed by atoms with Gasteiger partial charge in [0.25, 0.3) is 0 Å². The van der Waals surface area contributed by atoms with Gasteiger partial charge in [-0.3, -0.25) is 0 Å². The third-order valence-electron chi connectivity index (χ3n) is 3.14. The minimum absolute atomic E-state index is 0.261. The van der Waals surface area contributed by atoms with E-state index < -0.39 is 11.1 Å². The van der Waals surface area contributed by atoms with Crippen molar-refractivity contribution in [3.63, 3.8) is 0 Å². The van der Waals surface area contributed by atoms with Gasteiger partial charge in [0.05, 0.1) is 12.5 Å². The summed E-state index contributed by atoms with van der Waals surface area (Å²) in [6, 6.07) is 7.84. The van der Waals surface area contributed by atoms with Gasteiger partial charge in [0, 0.05) is 25.5 Å². The third kappa shape index (κ3) is 4.10. The van der Waals surface area contributed by atoms with Crippen molar-refractivity contribution < 1.29 is 13.2 Å². The molecule has 3 aromatic rings. The molecule has 0 aliphatic rings. The molecule has 0 unspecified atom stereocenters. The number of thiazole rings is 1. The number of nitrogens with zero attached hydrogens (tertiary/aromatic N) is 3. The van der Waals surface area contributed by atoms with Crippen molar-refractivity contribution in [1.29, 1.82) is 0 Å². The average molecular weight is 338 g/mol. The van der Waals surface area contributed by atoms with Crippen LogP contribution in [0, 0.1) is 0 Å². The first-order chi connectivity index (χ1) is 11.0. The van der Waals surface area contributed by atoms with Gasteiger partial charge in [0.15, 0.2) is 5.13 Å². The molecule has 0 radical (unpaired) electrons. The molecule has 0 fully saturated rings. The molecule has 1 N–H and O–H groups in total. The van der Waals surface area contributed by atoms with E-state index in [0.717, 1.165) is 17.3 Å². The van der Waals surface area contributed by atoms with E-state index in [9.17, 15) is 13.2 Å². The van der Waals surface area contributed by atoms with Crippen molar-refractivity contribution in [2.45, 2.75) is 19.3 Å². The second kappa shape index (κ2) is 6.41. The topological polar surface area (TPSA) is 42.7 Å². The summed E-state index contributed by atoms with van der Waals surface area (Å²) < 4.78 is 39.5. The van der Waals surface area contributed by atoms with Crippen LogP contribution in [0.4, 0.5) is 18.3 Å². The lowest BCUT2D eigenvalue weighted by molar-refractivity contribution is -0.134. The molecule has 23 heavy (non-hydrogen) atoms. The van der Waals surface area contributed by atoms with Crippen LogP contribution in [-0.2, 0) is 19.3 Å². The molecule has 2 heterocycles. The summed E-state index contributed by atoms with van der Waals surface area (Å²) in [7, 11) is 0. The van der Waals surface area contributed by atoms with Gasteiger partial charge < -0.3 is 9.88 Å². The number of hydrogen-bond acceptors (Lipinski definition) is 4. The number of imidazole rings is 1. The van der Waals surface area contributed by atoms with Gasteiger partial charge >= 0.3 is 6.18 Å². The minimum Gasteiger partial charge on any atom is -0.357 e. The van der Waals surface area contributed by atoms with E-state index in [0.29, 0.717) is 24.4 Å². The lowest BCUT2D eigenvalue weighted by Crippen LogP contribution is -2.01. The molecule has 1 aromatic carbocycles. The summed E-state index contributed by atoms with van der Waals surface area (Å²) in [5.74, 6) is 0. The molecule has 8 heteroatoms. The standard InChI is InChI=1S/C15H13F3N4S/c16-15(17,18)13-8-21-14(23-13)20-7-11-2-1-3-12(6-11)9-22-5-4-19-10-22/h1-6,8,10H,7,9H2,(H,20,21). The number of hydrogen-bond donors (Lipinski definition) is 1. The maximum absolute atomic E-state index is 12.5. The van der Waals surface area contributed by atoms with Crippen molar-refractivity contribution in [1.82, 2.24) is 14.5 Å². The lowest BCUT2D eigenvalue weighted by Gasteiger charge is -2.07. The van der Waals surface area contributed by atoms with E-state index in [1.54, 1.807) is 12.5 Å². The Bertz CT molecular complexity index is 765. The highest BCUT2D eigenvalue weighted by Crippen LogP contribution is 2.35. The van der Waals surface area contributed by atoms with Crippen molar-refractivity contribution in [3.05, 3.63) is 65.2 Å². The Hall–Kier alpha value is -2.35. The van der Waals surface area contributed by atoms with E-state index in [1.807, 2.05) is 35.0 Å². The Morgan fingerprint density at radius 2 is 2.04 bits per heavy atom. The Morgan fingerprint density at radius 1 is 1.22 bits per heavy atom. The molecule has 2 aromatic heterocycles. The normalized spacial score (nSPS) is 11.6. The molecule has 0 aliphatic heterocycles. The maximum Gasteiger partial charge on any atom is 0.427 e. The zero-order valence-corrected chi connectivity index (χ0v) is 12.7. The largest absolute Gasteiger partial charge is 0.427 e. The van der Waals surface area contributed by atoms with Crippen LogP contribution in [0.15, 0.2) is 49.2 Å². The molecule has 0 bridgehead atoms. The summed E-state index contributed by atoms with van der Waals surface area (Å²) in [4.78, 5) is 7.05. The van der Waals surface area contributed by atoms with Gasteiger partial charge in [-0.1, -0.05) is 35.6 Å². The Balaban J connectivity index is 1.63. The monoisotopic (exact) mass is 338 g/mol. The van der Waals surface area contributed by atoms with Gasteiger partial charge in [-0.2, -0.15) is 13.2 Å². The van der Waals surface area contributed by atoms with E-state index >= 15 is 0 Å². The van der Waals surface area contributed by atoms with E-state index in [4.69, 9.17) is 0 Å². The molecular weight excluding hydrogens is 325 g/mol. The Kier molecular flexibility index (Phi) is 4.33. The van der Waals surface area contributed by atoms with Crippen molar-refractivity contribution in [2.24, 2.45) is 0 Å². The summed E-state index contributed by atoms with van der Waals surface area (Å²) in [5.41, 5.74) is 2.07. The molecule has 120 valence electrons. The van der Waals surface area contributed by atoms with E-state index in [2.05, 4.69) is 15.3 Å². The average Bonchev–Trinajstić information content (AvgIpc) is 3.16. The predicted molar refractivity (Wildman–Crippen MR) is 82.2 cm³/mol. The van der Waals surface area contributed by atoms with Crippen molar-refractivity contribution in [3.8, 4) is 0 Å². The third-order valence-corrected chi connectivity index (χ3v) is 4.14. The summed E-state index contributed by atoms with van der Waals surface area (Å²) in [6.45, 7) is 1.12. The highest BCUT2D eigenvalue weighted by Gasteiger charge is 2.33.